The standard InChI is InChI=1S/C8H8N2O/c1-3-7(2)10-5-4-9-6-8(10)11/h1,4-7H,2H3/t7-/m1/s1. The van der Waals surface area contributed by atoms with Gasteiger partial charge in [-0.25, -0.2) is 0 Å². The van der Waals surface area contributed by atoms with Crippen molar-refractivity contribution in [1.82, 2.24) is 9.55 Å². The lowest BCUT2D eigenvalue weighted by Gasteiger charge is -2.05. The van der Waals surface area contributed by atoms with Crippen LogP contribution in [0.15, 0.2) is 23.4 Å². The third-order valence-corrected chi connectivity index (χ3v) is 1.41. The van der Waals surface area contributed by atoms with Crippen molar-refractivity contribution in [2.24, 2.45) is 0 Å². The molecule has 1 aromatic rings. The van der Waals surface area contributed by atoms with Crippen LogP contribution in [0.25, 0.3) is 0 Å². The van der Waals surface area contributed by atoms with Gasteiger partial charge in [-0.05, 0) is 6.92 Å². The summed E-state index contributed by atoms with van der Waals surface area (Å²) in [4.78, 5) is 14.7. The van der Waals surface area contributed by atoms with E-state index in [9.17, 15) is 4.79 Å². The summed E-state index contributed by atoms with van der Waals surface area (Å²) in [5.74, 6) is 2.46. The maximum absolute atomic E-state index is 11.0. The summed E-state index contributed by atoms with van der Waals surface area (Å²) >= 11 is 0. The van der Waals surface area contributed by atoms with Gasteiger partial charge in [0.1, 0.15) is 0 Å². The zero-order valence-corrected chi connectivity index (χ0v) is 6.19. The Labute approximate surface area is 64.7 Å². The Morgan fingerprint density at radius 2 is 2.55 bits per heavy atom. The van der Waals surface area contributed by atoms with Crippen LogP contribution in [0.4, 0.5) is 0 Å². The number of hydrogen-bond acceptors (Lipinski definition) is 2. The SMILES string of the molecule is C#C[C@@H](C)n1ccncc1=O. The van der Waals surface area contributed by atoms with Crippen molar-refractivity contribution in [3.63, 3.8) is 0 Å². The van der Waals surface area contributed by atoms with E-state index in [2.05, 4.69) is 10.9 Å². The zero-order valence-electron chi connectivity index (χ0n) is 6.19. The smallest absolute Gasteiger partial charge is 0.270 e. The summed E-state index contributed by atoms with van der Waals surface area (Å²) in [6.45, 7) is 1.78. The second-order valence-electron chi connectivity index (χ2n) is 2.16. The quantitative estimate of drug-likeness (QED) is 0.541. The first kappa shape index (κ1) is 7.55. The number of aromatic nitrogens is 2. The van der Waals surface area contributed by atoms with Crippen LogP contribution in [-0.4, -0.2) is 9.55 Å². The Hall–Kier alpha value is -1.56. The van der Waals surface area contributed by atoms with Gasteiger partial charge in [0.25, 0.3) is 5.56 Å². The van der Waals surface area contributed by atoms with Crippen LogP contribution in [0.1, 0.15) is 13.0 Å². The molecule has 0 unspecified atom stereocenters. The third-order valence-electron chi connectivity index (χ3n) is 1.41. The van der Waals surface area contributed by atoms with Crippen molar-refractivity contribution in [2.75, 3.05) is 0 Å². The van der Waals surface area contributed by atoms with Gasteiger partial charge in [-0.3, -0.25) is 14.3 Å². The highest BCUT2D eigenvalue weighted by Gasteiger charge is 1.99. The Kier molecular flexibility index (Phi) is 2.07. The lowest BCUT2D eigenvalue weighted by Crippen LogP contribution is -2.21. The normalized spacial score (nSPS) is 12.0. The zero-order chi connectivity index (χ0) is 8.27. The Balaban J connectivity index is 3.16. The largest absolute Gasteiger partial charge is 0.299 e. The Morgan fingerprint density at radius 1 is 1.82 bits per heavy atom. The first-order valence-corrected chi connectivity index (χ1v) is 3.24. The first-order chi connectivity index (χ1) is 5.25. The molecule has 1 heterocycles. The summed E-state index contributed by atoms with van der Waals surface area (Å²) in [5.41, 5.74) is -0.169. The van der Waals surface area contributed by atoms with E-state index in [0.29, 0.717) is 0 Å². The van der Waals surface area contributed by atoms with E-state index >= 15 is 0 Å². The molecule has 3 nitrogen and oxygen atoms in total. The van der Waals surface area contributed by atoms with E-state index in [1.807, 2.05) is 0 Å². The highest BCUT2D eigenvalue weighted by Crippen LogP contribution is 1.96. The van der Waals surface area contributed by atoms with E-state index < -0.39 is 0 Å². The summed E-state index contributed by atoms with van der Waals surface area (Å²) in [6.07, 6.45) is 9.50. The molecule has 0 saturated carbocycles. The Bertz CT molecular complexity index is 334. The molecule has 0 saturated heterocycles. The highest BCUT2D eigenvalue weighted by molar-refractivity contribution is 4.98. The lowest BCUT2D eigenvalue weighted by molar-refractivity contribution is 0.647. The summed E-state index contributed by atoms with van der Waals surface area (Å²) in [6, 6.07) is -0.203. The molecule has 0 aliphatic heterocycles. The molecule has 0 spiro atoms. The fourth-order valence-corrected chi connectivity index (χ4v) is 0.757. The van der Waals surface area contributed by atoms with Gasteiger partial charge in [0, 0.05) is 12.4 Å². The molecule has 0 aliphatic rings. The molecule has 0 aliphatic carbocycles. The van der Waals surface area contributed by atoms with Gasteiger partial charge in [0.15, 0.2) is 0 Å². The predicted octanol–water partition coefficient (Wildman–Crippen LogP) is 0.437. The van der Waals surface area contributed by atoms with Gasteiger partial charge in [-0.1, -0.05) is 5.92 Å². The molecule has 56 valence electrons. The maximum Gasteiger partial charge on any atom is 0.270 e. The number of hydrogen-bond donors (Lipinski definition) is 0. The number of nitrogens with zero attached hydrogens (tertiary/aromatic N) is 2. The van der Waals surface area contributed by atoms with Gasteiger partial charge < -0.3 is 0 Å². The maximum atomic E-state index is 11.0. The van der Waals surface area contributed by atoms with Gasteiger partial charge in [0.2, 0.25) is 0 Å². The molecule has 0 radical (unpaired) electrons. The molecule has 3 heteroatoms. The van der Waals surface area contributed by atoms with E-state index in [4.69, 9.17) is 6.42 Å². The minimum atomic E-state index is -0.203. The summed E-state index contributed by atoms with van der Waals surface area (Å²) < 4.78 is 1.45. The van der Waals surface area contributed by atoms with Crippen molar-refractivity contribution in [1.29, 1.82) is 0 Å². The fourth-order valence-electron chi connectivity index (χ4n) is 0.757. The minimum absolute atomic E-state index is 0.169. The first-order valence-electron chi connectivity index (χ1n) is 3.24. The van der Waals surface area contributed by atoms with Crippen molar-refractivity contribution < 1.29 is 0 Å². The second-order valence-corrected chi connectivity index (χ2v) is 2.16. The molecule has 0 fully saturated rings. The molecule has 1 aromatic heterocycles. The van der Waals surface area contributed by atoms with Gasteiger partial charge in [-0.2, -0.15) is 0 Å². The average Bonchev–Trinajstić information content (AvgIpc) is 2.04. The van der Waals surface area contributed by atoms with Gasteiger partial charge >= 0.3 is 0 Å². The van der Waals surface area contributed by atoms with Crippen LogP contribution in [0.5, 0.6) is 0 Å². The second kappa shape index (κ2) is 3.02. The lowest BCUT2D eigenvalue weighted by atomic mass is 10.3. The molecule has 0 aromatic carbocycles. The van der Waals surface area contributed by atoms with Crippen LogP contribution >= 0.6 is 0 Å². The molecule has 1 rings (SSSR count). The van der Waals surface area contributed by atoms with Crippen LogP contribution < -0.4 is 5.56 Å². The third kappa shape index (κ3) is 1.47. The van der Waals surface area contributed by atoms with Crippen molar-refractivity contribution in [2.45, 2.75) is 13.0 Å². The van der Waals surface area contributed by atoms with Crippen molar-refractivity contribution >= 4 is 0 Å². The Morgan fingerprint density at radius 3 is 3.09 bits per heavy atom. The molecule has 0 amide bonds. The van der Waals surface area contributed by atoms with Gasteiger partial charge in [-0.15, -0.1) is 6.42 Å². The monoisotopic (exact) mass is 148 g/mol. The van der Waals surface area contributed by atoms with Crippen molar-refractivity contribution in [3.8, 4) is 12.3 Å². The van der Waals surface area contributed by atoms with Crippen LogP contribution in [-0.2, 0) is 0 Å². The highest BCUT2D eigenvalue weighted by atomic mass is 16.1. The predicted molar refractivity (Wildman–Crippen MR) is 42.0 cm³/mol. The molecular weight excluding hydrogens is 140 g/mol. The fraction of sp³-hybridized carbons (Fsp3) is 0.250. The van der Waals surface area contributed by atoms with Gasteiger partial charge in [0.05, 0.1) is 12.2 Å². The van der Waals surface area contributed by atoms with E-state index in [0.717, 1.165) is 0 Å². The van der Waals surface area contributed by atoms with Crippen LogP contribution in [0, 0.1) is 12.3 Å². The van der Waals surface area contributed by atoms with Crippen LogP contribution in [0.2, 0.25) is 0 Å². The summed E-state index contributed by atoms with van der Waals surface area (Å²) in [5, 5.41) is 0. The van der Waals surface area contributed by atoms with E-state index in [1.165, 1.54) is 17.0 Å². The molecular formula is C8H8N2O. The van der Waals surface area contributed by atoms with Crippen LogP contribution in [0.3, 0.4) is 0 Å². The topological polar surface area (TPSA) is 34.9 Å². The number of rotatable bonds is 1. The summed E-state index contributed by atoms with van der Waals surface area (Å²) in [7, 11) is 0. The molecule has 0 N–H and O–H groups in total. The van der Waals surface area contributed by atoms with Crippen molar-refractivity contribution in [3.05, 3.63) is 28.9 Å². The number of terminal acetylenes is 1. The van der Waals surface area contributed by atoms with E-state index in [-0.39, 0.29) is 11.6 Å². The average molecular weight is 148 g/mol. The molecule has 1 atom stereocenters. The molecule has 11 heavy (non-hydrogen) atoms. The minimum Gasteiger partial charge on any atom is -0.299 e. The van der Waals surface area contributed by atoms with E-state index in [1.54, 1.807) is 13.1 Å². The molecule has 0 bridgehead atoms.